The van der Waals surface area contributed by atoms with Crippen molar-refractivity contribution in [2.24, 2.45) is 5.41 Å². The summed E-state index contributed by atoms with van der Waals surface area (Å²) in [6, 6.07) is 9.65. The van der Waals surface area contributed by atoms with Gasteiger partial charge in [0.1, 0.15) is 5.75 Å². The van der Waals surface area contributed by atoms with E-state index < -0.39 is 0 Å². The van der Waals surface area contributed by atoms with Crippen LogP contribution >= 0.6 is 0 Å². The zero-order chi connectivity index (χ0) is 20.4. The first kappa shape index (κ1) is 19.4. The number of carbonyl (C=O) groups excluding carboxylic acids is 2. The lowest BCUT2D eigenvalue weighted by Crippen LogP contribution is -2.52. The largest absolute Gasteiger partial charge is 0.484 e. The van der Waals surface area contributed by atoms with Crippen LogP contribution in [0.3, 0.4) is 0 Å². The van der Waals surface area contributed by atoms with Crippen LogP contribution in [0.2, 0.25) is 0 Å². The quantitative estimate of drug-likeness (QED) is 0.771. The first-order valence-corrected chi connectivity index (χ1v) is 10.1. The molecule has 0 bridgehead atoms. The lowest BCUT2D eigenvalue weighted by atomic mass is 9.59. The van der Waals surface area contributed by atoms with Crippen molar-refractivity contribution in [1.82, 2.24) is 24.8 Å². The van der Waals surface area contributed by atoms with Gasteiger partial charge < -0.3 is 14.5 Å². The number of amides is 2. The molecule has 1 saturated heterocycles. The minimum Gasteiger partial charge on any atom is -0.484 e. The van der Waals surface area contributed by atoms with Crippen molar-refractivity contribution in [1.29, 1.82) is 0 Å². The molecule has 0 radical (unpaired) electrons. The van der Waals surface area contributed by atoms with E-state index in [1.807, 2.05) is 39.9 Å². The third kappa shape index (κ3) is 3.83. The SMILES string of the molecule is CN(C)C(=O)c1cn(C2CCC23CCN(C(=O)COc2ccccc2)CC3)nn1. The molecule has 2 amide bonds. The fourth-order valence-electron chi connectivity index (χ4n) is 4.39. The highest BCUT2D eigenvalue weighted by molar-refractivity contribution is 5.91. The Morgan fingerprint density at radius 1 is 1.17 bits per heavy atom. The van der Waals surface area contributed by atoms with Gasteiger partial charge in [-0.3, -0.25) is 9.59 Å². The number of piperidine rings is 1. The van der Waals surface area contributed by atoms with Gasteiger partial charge in [-0.15, -0.1) is 5.10 Å². The van der Waals surface area contributed by atoms with E-state index in [4.69, 9.17) is 4.74 Å². The molecule has 2 fully saturated rings. The standard InChI is InChI=1S/C21H27N5O3/c1-24(2)20(28)17-14-26(23-22-17)18-8-9-21(18)10-12-25(13-11-21)19(27)15-29-16-6-4-3-5-7-16/h3-7,14,18H,8-13,15H2,1-2H3. The Bertz CT molecular complexity index is 871. The second-order valence-corrected chi connectivity index (χ2v) is 8.18. The normalized spacial score (nSPS) is 20.2. The molecule has 1 aliphatic carbocycles. The maximum Gasteiger partial charge on any atom is 0.275 e. The van der Waals surface area contributed by atoms with Crippen molar-refractivity contribution in [2.75, 3.05) is 33.8 Å². The third-order valence-electron chi connectivity index (χ3n) is 6.29. The minimum atomic E-state index is -0.136. The molecule has 154 valence electrons. The van der Waals surface area contributed by atoms with Gasteiger partial charge in [0.2, 0.25) is 0 Å². The fraction of sp³-hybridized carbons (Fsp3) is 0.524. The number of nitrogens with zero attached hydrogens (tertiary/aromatic N) is 5. The predicted molar refractivity (Wildman–Crippen MR) is 106 cm³/mol. The first-order chi connectivity index (χ1) is 14.0. The minimum absolute atomic E-state index is 0.0270. The molecule has 2 heterocycles. The average Bonchev–Trinajstić information content (AvgIpc) is 3.20. The van der Waals surface area contributed by atoms with Crippen LogP contribution in [0.1, 0.15) is 42.2 Å². The van der Waals surface area contributed by atoms with Crippen LogP contribution in [0, 0.1) is 5.41 Å². The predicted octanol–water partition coefficient (Wildman–Crippen LogP) is 2.00. The second-order valence-electron chi connectivity index (χ2n) is 8.18. The highest BCUT2D eigenvalue weighted by Crippen LogP contribution is 2.56. The molecule has 1 spiro atoms. The molecule has 4 rings (SSSR count). The number of benzene rings is 1. The van der Waals surface area contributed by atoms with Crippen LogP contribution in [0.25, 0.3) is 0 Å². The Kier molecular flexibility index (Phi) is 5.25. The van der Waals surface area contributed by atoms with Crippen molar-refractivity contribution in [3.63, 3.8) is 0 Å². The number of para-hydroxylation sites is 1. The highest BCUT2D eigenvalue weighted by Gasteiger charge is 2.50. The zero-order valence-electron chi connectivity index (χ0n) is 17.0. The van der Waals surface area contributed by atoms with E-state index in [1.54, 1.807) is 20.3 Å². The molecule has 1 aromatic carbocycles. The Balaban J connectivity index is 1.33. The Hall–Kier alpha value is -2.90. The summed E-state index contributed by atoms with van der Waals surface area (Å²) in [6.45, 7) is 1.52. The summed E-state index contributed by atoms with van der Waals surface area (Å²) in [6.07, 6.45) is 5.79. The van der Waals surface area contributed by atoms with E-state index in [-0.39, 0.29) is 29.9 Å². The van der Waals surface area contributed by atoms with Gasteiger partial charge in [0.25, 0.3) is 11.8 Å². The topological polar surface area (TPSA) is 80.6 Å². The van der Waals surface area contributed by atoms with Gasteiger partial charge in [-0.1, -0.05) is 23.4 Å². The molecule has 1 aliphatic heterocycles. The van der Waals surface area contributed by atoms with E-state index in [2.05, 4.69) is 10.3 Å². The summed E-state index contributed by atoms with van der Waals surface area (Å²) in [5, 5.41) is 8.28. The van der Waals surface area contributed by atoms with Crippen molar-refractivity contribution in [2.45, 2.75) is 31.7 Å². The molecule has 2 aromatic rings. The van der Waals surface area contributed by atoms with Crippen molar-refractivity contribution >= 4 is 11.8 Å². The van der Waals surface area contributed by atoms with Crippen LogP contribution in [0.15, 0.2) is 36.5 Å². The number of carbonyl (C=O) groups is 2. The molecule has 0 N–H and O–H groups in total. The van der Waals surface area contributed by atoms with Gasteiger partial charge in [0, 0.05) is 27.2 Å². The third-order valence-corrected chi connectivity index (χ3v) is 6.29. The van der Waals surface area contributed by atoms with E-state index >= 15 is 0 Å². The van der Waals surface area contributed by atoms with Crippen LogP contribution < -0.4 is 4.74 Å². The van der Waals surface area contributed by atoms with Crippen LogP contribution in [-0.2, 0) is 4.79 Å². The smallest absolute Gasteiger partial charge is 0.275 e. The van der Waals surface area contributed by atoms with Crippen LogP contribution in [0.4, 0.5) is 0 Å². The maximum atomic E-state index is 12.5. The summed E-state index contributed by atoms with van der Waals surface area (Å²) in [7, 11) is 3.42. The van der Waals surface area contributed by atoms with Gasteiger partial charge in [-0.25, -0.2) is 4.68 Å². The van der Waals surface area contributed by atoms with E-state index in [0.717, 1.165) is 38.8 Å². The number of aromatic nitrogens is 3. The zero-order valence-corrected chi connectivity index (χ0v) is 17.0. The molecule has 8 heteroatoms. The van der Waals surface area contributed by atoms with Gasteiger partial charge in [0.15, 0.2) is 12.3 Å². The van der Waals surface area contributed by atoms with Crippen molar-refractivity contribution < 1.29 is 14.3 Å². The van der Waals surface area contributed by atoms with E-state index in [1.165, 1.54) is 4.90 Å². The number of hydrogen-bond donors (Lipinski definition) is 0. The summed E-state index contributed by atoms with van der Waals surface area (Å²) in [4.78, 5) is 28.0. The summed E-state index contributed by atoms with van der Waals surface area (Å²) >= 11 is 0. The van der Waals surface area contributed by atoms with Crippen molar-refractivity contribution in [3.8, 4) is 5.75 Å². The molecular weight excluding hydrogens is 370 g/mol. The van der Waals surface area contributed by atoms with Crippen molar-refractivity contribution in [3.05, 3.63) is 42.2 Å². The Labute approximate surface area is 170 Å². The molecular formula is C21H27N5O3. The fourth-order valence-corrected chi connectivity index (χ4v) is 4.39. The van der Waals surface area contributed by atoms with Gasteiger partial charge in [0.05, 0.1) is 12.2 Å². The summed E-state index contributed by atoms with van der Waals surface area (Å²) in [5.74, 6) is 0.602. The monoisotopic (exact) mass is 397 g/mol. The number of hydrogen-bond acceptors (Lipinski definition) is 5. The maximum absolute atomic E-state index is 12.5. The number of likely N-dealkylation sites (tertiary alicyclic amines) is 1. The Morgan fingerprint density at radius 3 is 2.52 bits per heavy atom. The number of ether oxygens (including phenoxy) is 1. The van der Waals surface area contributed by atoms with Gasteiger partial charge in [-0.05, 0) is 43.2 Å². The van der Waals surface area contributed by atoms with E-state index in [9.17, 15) is 9.59 Å². The lowest BCUT2D eigenvalue weighted by molar-refractivity contribution is -0.138. The number of rotatable bonds is 5. The summed E-state index contributed by atoms with van der Waals surface area (Å²) < 4.78 is 7.46. The molecule has 8 nitrogen and oxygen atoms in total. The van der Waals surface area contributed by atoms with Crippen LogP contribution in [0.5, 0.6) is 5.75 Å². The molecule has 1 atom stereocenters. The Morgan fingerprint density at radius 2 is 1.90 bits per heavy atom. The van der Waals surface area contributed by atoms with Gasteiger partial charge in [-0.2, -0.15) is 0 Å². The molecule has 1 unspecified atom stereocenters. The second kappa shape index (κ2) is 7.85. The molecule has 1 saturated carbocycles. The van der Waals surface area contributed by atoms with E-state index in [0.29, 0.717) is 11.4 Å². The molecule has 29 heavy (non-hydrogen) atoms. The molecule has 2 aliphatic rings. The summed E-state index contributed by atoms with van der Waals surface area (Å²) in [5.41, 5.74) is 0.520. The first-order valence-electron chi connectivity index (χ1n) is 10.1. The highest BCUT2D eigenvalue weighted by atomic mass is 16.5. The lowest BCUT2D eigenvalue weighted by Gasteiger charge is -2.53. The molecule has 1 aromatic heterocycles. The van der Waals surface area contributed by atoms with Crippen LogP contribution in [-0.4, -0.2) is 70.4 Å². The van der Waals surface area contributed by atoms with Gasteiger partial charge >= 0.3 is 0 Å². The average molecular weight is 397 g/mol.